The van der Waals surface area contributed by atoms with Crippen LogP contribution in [0.5, 0.6) is 0 Å². The Hall–Kier alpha value is -2.22. The zero-order valence-electron chi connectivity index (χ0n) is 10.9. The van der Waals surface area contributed by atoms with E-state index in [9.17, 15) is 4.79 Å². The molecular weight excluding hydrogens is 379 g/mol. The maximum Gasteiger partial charge on any atom is 0.256 e. The maximum absolute atomic E-state index is 12.2. The molecule has 0 unspecified atom stereocenters. The van der Waals surface area contributed by atoms with Gasteiger partial charge in [0.15, 0.2) is 5.82 Å². The summed E-state index contributed by atoms with van der Waals surface area (Å²) < 4.78 is 2.57. The number of halogens is 1. The maximum atomic E-state index is 12.2. The summed E-state index contributed by atoms with van der Waals surface area (Å²) in [6, 6.07) is 12.9. The highest BCUT2D eigenvalue weighted by Crippen LogP contribution is 2.15. The van der Waals surface area contributed by atoms with Crippen molar-refractivity contribution in [1.29, 1.82) is 0 Å². The van der Waals surface area contributed by atoms with Gasteiger partial charge in [-0.1, -0.05) is 12.1 Å². The van der Waals surface area contributed by atoms with Gasteiger partial charge in [0.05, 0.1) is 17.4 Å². The topological polar surface area (TPSA) is 59.8 Å². The van der Waals surface area contributed by atoms with Gasteiger partial charge in [0, 0.05) is 16.0 Å². The van der Waals surface area contributed by atoms with Crippen molar-refractivity contribution in [2.75, 3.05) is 5.32 Å². The van der Waals surface area contributed by atoms with Crippen molar-refractivity contribution in [3.8, 4) is 5.82 Å². The summed E-state index contributed by atoms with van der Waals surface area (Å²) >= 11 is 2.14. The Balaban J connectivity index is 1.77. The minimum atomic E-state index is -0.145. The molecule has 0 aliphatic heterocycles. The van der Waals surface area contributed by atoms with E-state index in [1.54, 1.807) is 35.3 Å². The molecule has 3 rings (SSSR count). The van der Waals surface area contributed by atoms with Crippen LogP contribution in [0.4, 0.5) is 5.69 Å². The first-order valence-electron chi connectivity index (χ1n) is 6.26. The van der Waals surface area contributed by atoms with Crippen LogP contribution in [-0.2, 0) is 0 Å². The van der Waals surface area contributed by atoms with Crippen molar-refractivity contribution in [3.05, 3.63) is 70.2 Å². The smallest absolute Gasteiger partial charge is 0.256 e. The molecule has 0 radical (unpaired) electrons. The third kappa shape index (κ3) is 3.10. The molecule has 1 N–H and O–H groups in total. The third-order valence-electron chi connectivity index (χ3n) is 2.86. The molecule has 0 saturated heterocycles. The largest absolute Gasteiger partial charge is 0.321 e. The number of hydrogen-bond acceptors (Lipinski definition) is 3. The molecule has 5 nitrogen and oxygen atoms in total. The molecule has 0 spiro atoms. The molecule has 0 fully saturated rings. The molecule has 0 bridgehead atoms. The monoisotopic (exact) mass is 390 g/mol. The second kappa shape index (κ2) is 6.04. The summed E-state index contributed by atoms with van der Waals surface area (Å²) in [5.74, 6) is 0.556. The van der Waals surface area contributed by atoms with Gasteiger partial charge in [0.2, 0.25) is 0 Å². The number of carbonyl (C=O) groups is 1. The molecule has 6 heteroatoms. The molecule has 0 aliphatic rings. The van der Waals surface area contributed by atoms with Gasteiger partial charge in [-0.3, -0.25) is 4.79 Å². The van der Waals surface area contributed by atoms with E-state index in [0.717, 1.165) is 3.57 Å². The van der Waals surface area contributed by atoms with Gasteiger partial charge in [0.25, 0.3) is 5.91 Å². The second-order valence-corrected chi connectivity index (χ2v) is 5.45. The van der Waals surface area contributed by atoms with Crippen molar-refractivity contribution in [2.45, 2.75) is 0 Å². The summed E-state index contributed by atoms with van der Waals surface area (Å²) in [5.41, 5.74) is 1.30. The molecule has 2 aromatic heterocycles. The van der Waals surface area contributed by atoms with E-state index in [4.69, 9.17) is 0 Å². The number of rotatable bonds is 3. The molecule has 3 aromatic rings. The van der Waals surface area contributed by atoms with Crippen LogP contribution in [-0.4, -0.2) is 20.7 Å². The Labute approximate surface area is 135 Å². The summed E-state index contributed by atoms with van der Waals surface area (Å²) in [4.78, 5) is 16.5. The van der Waals surface area contributed by atoms with Gasteiger partial charge >= 0.3 is 0 Å². The first-order chi connectivity index (χ1) is 10.2. The number of pyridine rings is 1. The molecule has 0 saturated carbocycles. The Kier molecular flexibility index (Phi) is 3.96. The van der Waals surface area contributed by atoms with Crippen LogP contribution in [0.3, 0.4) is 0 Å². The number of carbonyl (C=O) groups excluding carboxylic acids is 1. The number of anilines is 1. The highest BCUT2D eigenvalue weighted by atomic mass is 127. The van der Waals surface area contributed by atoms with E-state index in [1.807, 2.05) is 30.5 Å². The van der Waals surface area contributed by atoms with Gasteiger partial charge in [-0.25, -0.2) is 9.67 Å². The molecule has 104 valence electrons. The van der Waals surface area contributed by atoms with Crippen molar-refractivity contribution in [3.63, 3.8) is 0 Å². The lowest BCUT2D eigenvalue weighted by Gasteiger charge is -2.07. The normalized spacial score (nSPS) is 10.3. The van der Waals surface area contributed by atoms with Crippen LogP contribution >= 0.6 is 22.6 Å². The number of aromatic nitrogens is 3. The van der Waals surface area contributed by atoms with Crippen molar-refractivity contribution in [1.82, 2.24) is 14.8 Å². The number of benzene rings is 1. The molecule has 2 heterocycles. The third-order valence-corrected chi connectivity index (χ3v) is 3.80. The van der Waals surface area contributed by atoms with Crippen LogP contribution in [0.2, 0.25) is 0 Å². The van der Waals surface area contributed by atoms with Gasteiger partial charge in [-0.05, 0) is 52.9 Å². The number of nitrogens with zero attached hydrogens (tertiary/aromatic N) is 3. The van der Waals surface area contributed by atoms with Crippen LogP contribution in [0.25, 0.3) is 5.82 Å². The first kappa shape index (κ1) is 13.7. The molecule has 1 amide bonds. The van der Waals surface area contributed by atoms with Crippen LogP contribution in [0.1, 0.15) is 10.4 Å². The molecule has 0 aliphatic carbocycles. The van der Waals surface area contributed by atoms with E-state index in [0.29, 0.717) is 17.1 Å². The van der Waals surface area contributed by atoms with Crippen molar-refractivity contribution >= 4 is 34.2 Å². The predicted molar refractivity (Wildman–Crippen MR) is 88.5 cm³/mol. The fourth-order valence-corrected chi connectivity index (χ4v) is 2.48. The summed E-state index contributed by atoms with van der Waals surface area (Å²) in [6.07, 6.45) is 5.12. The van der Waals surface area contributed by atoms with Crippen molar-refractivity contribution < 1.29 is 4.79 Å². The predicted octanol–water partition coefficient (Wildman–Crippen LogP) is 3.12. The lowest BCUT2D eigenvalue weighted by Crippen LogP contribution is -2.13. The number of amides is 1. The average molecular weight is 390 g/mol. The van der Waals surface area contributed by atoms with E-state index in [2.05, 4.69) is 38.0 Å². The first-order valence-corrected chi connectivity index (χ1v) is 7.34. The molecular formula is C15H11IN4O. The Bertz CT molecular complexity index is 754. The lowest BCUT2D eigenvalue weighted by molar-refractivity contribution is 0.102. The average Bonchev–Trinajstić information content (AvgIpc) is 3.02. The number of hydrogen-bond donors (Lipinski definition) is 1. The fourth-order valence-electron chi connectivity index (χ4n) is 1.84. The standard InChI is InChI=1S/C15H11IN4O/c16-13-5-2-1-4-12(13)15(21)19-11-6-7-14(17-10-11)20-9-3-8-18-20/h1-10H,(H,19,21). The molecule has 1 aromatic carbocycles. The Morgan fingerprint density at radius 3 is 2.67 bits per heavy atom. The lowest BCUT2D eigenvalue weighted by atomic mass is 10.2. The van der Waals surface area contributed by atoms with E-state index < -0.39 is 0 Å². The van der Waals surface area contributed by atoms with E-state index in [-0.39, 0.29) is 5.91 Å². The molecule has 0 atom stereocenters. The van der Waals surface area contributed by atoms with Gasteiger partial charge in [-0.2, -0.15) is 5.10 Å². The Morgan fingerprint density at radius 2 is 2.00 bits per heavy atom. The zero-order chi connectivity index (χ0) is 14.7. The quantitative estimate of drug-likeness (QED) is 0.700. The van der Waals surface area contributed by atoms with E-state index in [1.165, 1.54) is 0 Å². The Morgan fingerprint density at radius 1 is 1.14 bits per heavy atom. The molecule has 21 heavy (non-hydrogen) atoms. The highest BCUT2D eigenvalue weighted by Gasteiger charge is 2.09. The van der Waals surface area contributed by atoms with Gasteiger partial charge in [-0.15, -0.1) is 0 Å². The summed E-state index contributed by atoms with van der Waals surface area (Å²) in [5, 5.41) is 6.94. The minimum absolute atomic E-state index is 0.145. The zero-order valence-corrected chi connectivity index (χ0v) is 13.1. The fraction of sp³-hybridized carbons (Fsp3) is 0. The van der Waals surface area contributed by atoms with Crippen molar-refractivity contribution in [2.24, 2.45) is 0 Å². The van der Waals surface area contributed by atoms with Crippen LogP contribution < -0.4 is 5.32 Å². The van der Waals surface area contributed by atoms with E-state index >= 15 is 0 Å². The van der Waals surface area contributed by atoms with Crippen LogP contribution in [0.15, 0.2) is 61.1 Å². The SMILES string of the molecule is O=C(Nc1ccc(-n2cccn2)nc1)c1ccccc1I. The van der Waals surface area contributed by atoms with Crippen LogP contribution in [0, 0.1) is 3.57 Å². The summed E-state index contributed by atoms with van der Waals surface area (Å²) in [7, 11) is 0. The van der Waals surface area contributed by atoms with Gasteiger partial charge in [0.1, 0.15) is 0 Å². The summed E-state index contributed by atoms with van der Waals surface area (Å²) in [6.45, 7) is 0. The second-order valence-electron chi connectivity index (χ2n) is 4.29. The number of nitrogens with one attached hydrogen (secondary N) is 1. The van der Waals surface area contributed by atoms with Gasteiger partial charge < -0.3 is 5.32 Å². The highest BCUT2D eigenvalue weighted by molar-refractivity contribution is 14.1. The minimum Gasteiger partial charge on any atom is -0.321 e.